The normalized spacial score (nSPS) is 16.7. The molecule has 0 aromatic carbocycles. The number of anilines is 1. The minimum Gasteiger partial charge on any atom is -0.464 e. The monoisotopic (exact) mass is 328 g/mol. The molecule has 7 heteroatoms. The summed E-state index contributed by atoms with van der Waals surface area (Å²) in [5.74, 6) is -0.730. The van der Waals surface area contributed by atoms with Crippen LogP contribution < -0.4 is 5.32 Å². The van der Waals surface area contributed by atoms with Crippen LogP contribution in [0, 0.1) is 0 Å². The van der Waals surface area contributed by atoms with E-state index < -0.39 is 5.97 Å². The molecule has 1 aromatic heterocycles. The molecule has 1 aromatic rings. The fourth-order valence-corrected chi connectivity index (χ4v) is 4.34. The maximum absolute atomic E-state index is 11.7. The summed E-state index contributed by atoms with van der Waals surface area (Å²) < 4.78 is 4.92. The van der Waals surface area contributed by atoms with Crippen LogP contribution in [0.25, 0.3) is 0 Å². The van der Waals surface area contributed by atoms with Gasteiger partial charge in [0.05, 0.1) is 7.11 Å². The van der Waals surface area contributed by atoms with E-state index in [1.54, 1.807) is 0 Å². The Bertz CT molecular complexity index is 536. The number of Topliss-reactive ketones (excluding diaryl/α,β-unsaturated/α-hetero) is 1. The highest BCUT2D eigenvalue weighted by Crippen LogP contribution is 2.40. The van der Waals surface area contributed by atoms with Gasteiger partial charge in [-0.05, 0) is 19.1 Å². The Morgan fingerprint density at radius 3 is 2.62 bits per heavy atom. The fraction of sp³-hybridized carbons (Fsp3) is 0.643. The Hall–Kier alpha value is -1.08. The van der Waals surface area contributed by atoms with Crippen molar-refractivity contribution in [1.29, 1.82) is 0 Å². The highest BCUT2D eigenvalue weighted by atomic mass is 32.2. The first-order valence-electron chi connectivity index (χ1n) is 6.90. The summed E-state index contributed by atoms with van der Waals surface area (Å²) in [6.07, 6.45) is 7.03. The van der Waals surface area contributed by atoms with Gasteiger partial charge in [-0.2, -0.15) is 11.8 Å². The zero-order valence-corrected chi connectivity index (χ0v) is 14.2. The van der Waals surface area contributed by atoms with Crippen LogP contribution in [0.15, 0.2) is 0 Å². The van der Waals surface area contributed by atoms with E-state index in [0.29, 0.717) is 10.0 Å². The molecule has 1 N–H and O–H groups in total. The van der Waals surface area contributed by atoms with Crippen molar-refractivity contribution in [2.75, 3.05) is 25.2 Å². The van der Waals surface area contributed by atoms with Crippen LogP contribution >= 0.6 is 23.1 Å². The molecular weight excluding hydrogens is 308 g/mol. The molecule has 2 rings (SSSR count). The summed E-state index contributed by atoms with van der Waals surface area (Å²) >= 11 is 3.11. The number of hydrogen-bond acceptors (Lipinski definition) is 7. The predicted octanol–water partition coefficient (Wildman–Crippen LogP) is 3.22. The minimum atomic E-state index is -0.565. The second kappa shape index (κ2) is 6.79. The number of methoxy groups -OCH3 is 1. The van der Waals surface area contributed by atoms with Crippen molar-refractivity contribution in [2.24, 2.45) is 0 Å². The molecule has 0 saturated heterocycles. The van der Waals surface area contributed by atoms with E-state index in [2.05, 4.69) is 21.3 Å². The number of hydrogen-bond donors (Lipinski definition) is 1. The summed E-state index contributed by atoms with van der Waals surface area (Å²) in [6.45, 7) is 2.24. The summed E-state index contributed by atoms with van der Waals surface area (Å²) in [5, 5.41) is 3.91. The van der Waals surface area contributed by atoms with Crippen LogP contribution in [0.1, 0.15) is 52.8 Å². The molecule has 1 heterocycles. The maximum atomic E-state index is 11.7. The predicted molar refractivity (Wildman–Crippen MR) is 86.7 cm³/mol. The average molecular weight is 328 g/mol. The minimum absolute atomic E-state index is 0.113. The Morgan fingerprint density at radius 1 is 1.43 bits per heavy atom. The van der Waals surface area contributed by atoms with Gasteiger partial charge in [0.25, 0.3) is 0 Å². The van der Waals surface area contributed by atoms with E-state index >= 15 is 0 Å². The molecule has 1 fully saturated rings. The van der Waals surface area contributed by atoms with Gasteiger partial charge in [0.2, 0.25) is 0 Å². The number of rotatable bonds is 6. The molecule has 21 heavy (non-hydrogen) atoms. The highest BCUT2D eigenvalue weighted by molar-refractivity contribution is 8.00. The molecular formula is C14H20N2O3S2. The first kappa shape index (κ1) is 16.3. The summed E-state index contributed by atoms with van der Waals surface area (Å²) in [6, 6.07) is 0. The quantitative estimate of drug-likeness (QED) is 0.639. The summed E-state index contributed by atoms with van der Waals surface area (Å²) in [4.78, 5) is 27.9. The van der Waals surface area contributed by atoms with Crippen LogP contribution in [0.2, 0.25) is 0 Å². The molecule has 1 aliphatic carbocycles. The van der Waals surface area contributed by atoms with Gasteiger partial charge in [-0.1, -0.05) is 24.2 Å². The van der Waals surface area contributed by atoms with Gasteiger partial charge >= 0.3 is 5.97 Å². The number of esters is 1. The zero-order chi connectivity index (χ0) is 15.5. The maximum Gasteiger partial charge on any atom is 0.358 e. The first-order valence-corrected chi connectivity index (χ1v) is 8.94. The Labute approximate surface area is 132 Å². The number of carbonyl (C=O) groups is 2. The van der Waals surface area contributed by atoms with E-state index in [-0.39, 0.29) is 16.2 Å². The Morgan fingerprint density at radius 2 is 2.10 bits per heavy atom. The van der Waals surface area contributed by atoms with E-state index in [9.17, 15) is 9.59 Å². The van der Waals surface area contributed by atoms with Crippen molar-refractivity contribution in [2.45, 2.75) is 37.4 Å². The topological polar surface area (TPSA) is 68.3 Å². The molecule has 1 aliphatic rings. The Balaban J connectivity index is 2.13. The van der Waals surface area contributed by atoms with Crippen LogP contribution in [0.4, 0.5) is 5.13 Å². The average Bonchev–Trinajstić information content (AvgIpc) is 3.11. The lowest BCUT2D eigenvalue weighted by atomic mass is 10.1. The smallest absolute Gasteiger partial charge is 0.358 e. The number of carbonyl (C=O) groups excluding carboxylic acids is 2. The lowest BCUT2D eigenvalue weighted by molar-refractivity contribution is 0.0591. The number of aromatic nitrogens is 1. The van der Waals surface area contributed by atoms with Crippen molar-refractivity contribution in [3.8, 4) is 0 Å². The van der Waals surface area contributed by atoms with Crippen molar-refractivity contribution in [3.63, 3.8) is 0 Å². The molecule has 116 valence electrons. The molecule has 0 radical (unpaired) electrons. The van der Waals surface area contributed by atoms with Gasteiger partial charge in [0.15, 0.2) is 16.6 Å². The number of nitrogens with zero attached hydrogens (tertiary/aromatic N) is 1. The molecule has 0 unspecified atom stereocenters. The molecule has 0 aliphatic heterocycles. The number of nitrogens with one attached hydrogen (secondary N) is 1. The first-order chi connectivity index (χ1) is 10.0. The van der Waals surface area contributed by atoms with Gasteiger partial charge in [-0.25, -0.2) is 9.78 Å². The van der Waals surface area contributed by atoms with Crippen LogP contribution in [-0.2, 0) is 4.74 Å². The van der Waals surface area contributed by atoms with Crippen molar-refractivity contribution in [3.05, 3.63) is 10.6 Å². The second-order valence-electron chi connectivity index (χ2n) is 5.19. The number of thioether (sulfide) groups is 1. The van der Waals surface area contributed by atoms with Gasteiger partial charge in [-0.3, -0.25) is 4.79 Å². The number of ketones is 1. The van der Waals surface area contributed by atoms with Gasteiger partial charge < -0.3 is 10.1 Å². The number of thiazole rings is 1. The fourth-order valence-electron chi connectivity index (χ4n) is 2.58. The molecule has 0 amide bonds. The van der Waals surface area contributed by atoms with Gasteiger partial charge in [0, 0.05) is 18.2 Å². The van der Waals surface area contributed by atoms with Gasteiger partial charge in [-0.15, -0.1) is 0 Å². The molecule has 5 nitrogen and oxygen atoms in total. The van der Waals surface area contributed by atoms with E-state index in [0.717, 1.165) is 6.54 Å². The third-order valence-corrected chi connectivity index (χ3v) is 6.37. The lowest BCUT2D eigenvalue weighted by Gasteiger charge is -2.26. The molecule has 1 saturated carbocycles. The molecule has 0 bridgehead atoms. The third-order valence-electron chi connectivity index (χ3n) is 3.84. The lowest BCUT2D eigenvalue weighted by Crippen LogP contribution is -2.29. The van der Waals surface area contributed by atoms with E-state index in [1.807, 2.05) is 11.8 Å². The molecule has 0 spiro atoms. The summed E-state index contributed by atoms with van der Waals surface area (Å²) in [7, 11) is 1.29. The van der Waals surface area contributed by atoms with Crippen molar-refractivity contribution in [1.82, 2.24) is 4.98 Å². The molecule has 0 atom stereocenters. The summed E-state index contributed by atoms with van der Waals surface area (Å²) in [5.41, 5.74) is 0.113. The third kappa shape index (κ3) is 3.58. The standard InChI is InChI=1S/C14H20N2O3S2/c1-9(17)11-10(12(18)19-2)16-13(21-11)15-8-14(20-3)6-4-5-7-14/h4-8H2,1-3H3,(H,15,16). The van der Waals surface area contributed by atoms with Crippen LogP contribution in [0.5, 0.6) is 0 Å². The van der Waals surface area contributed by atoms with E-state index in [4.69, 9.17) is 0 Å². The second-order valence-corrected chi connectivity index (χ2v) is 7.47. The van der Waals surface area contributed by atoms with Gasteiger partial charge in [0.1, 0.15) is 4.88 Å². The van der Waals surface area contributed by atoms with Crippen molar-refractivity contribution >= 4 is 40.0 Å². The van der Waals surface area contributed by atoms with Crippen LogP contribution in [-0.4, -0.2) is 41.4 Å². The number of ether oxygens (including phenoxy) is 1. The largest absolute Gasteiger partial charge is 0.464 e. The SMILES string of the molecule is COC(=O)c1nc(NCC2(SC)CCCC2)sc1C(C)=O. The Kier molecular flexibility index (Phi) is 5.27. The highest BCUT2D eigenvalue weighted by Gasteiger charge is 2.33. The zero-order valence-electron chi connectivity index (χ0n) is 12.5. The van der Waals surface area contributed by atoms with Crippen molar-refractivity contribution < 1.29 is 14.3 Å². The van der Waals surface area contributed by atoms with E-state index in [1.165, 1.54) is 51.1 Å². The van der Waals surface area contributed by atoms with Crippen LogP contribution in [0.3, 0.4) is 0 Å².